The summed E-state index contributed by atoms with van der Waals surface area (Å²) < 4.78 is 13.6. The summed E-state index contributed by atoms with van der Waals surface area (Å²) in [5, 5.41) is 9.93. The fourth-order valence-corrected chi connectivity index (χ4v) is 2.24. The third-order valence-electron chi connectivity index (χ3n) is 2.64. The molecular formula is C15H13FN2S. The van der Waals surface area contributed by atoms with Gasteiger partial charge in [0.1, 0.15) is 5.82 Å². The largest absolute Gasteiger partial charge is 0.396 e. The van der Waals surface area contributed by atoms with Crippen LogP contribution in [0.1, 0.15) is 16.0 Å². The van der Waals surface area contributed by atoms with E-state index in [4.69, 9.17) is 11.1 Å². The lowest BCUT2D eigenvalue weighted by Gasteiger charge is -2.07. The number of anilines is 1. The maximum Gasteiger partial charge on any atom is 0.147 e. The van der Waals surface area contributed by atoms with Crippen LogP contribution in [0.25, 0.3) is 12.2 Å². The average molecular weight is 272 g/mol. The van der Waals surface area contributed by atoms with Crippen LogP contribution in [0.15, 0.2) is 42.3 Å². The molecule has 96 valence electrons. The summed E-state index contributed by atoms with van der Waals surface area (Å²) in [6.07, 6.45) is 4.96. The minimum absolute atomic E-state index is 0.00794. The van der Waals surface area contributed by atoms with Crippen LogP contribution in [0.2, 0.25) is 0 Å². The predicted molar refractivity (Wildman–Crippen MR) is 81.1 cm³/mol. The van der Waals surface area contributed by atoms with Gasteiger partial charge in [0.05, 0.1) is 11.4 Å². The maximum atomic E-state index is 13.6. The molecule has 0 saturated heterocycles. The highest BCUT2D eigenvalue weighted by Gasteiger charge is 2.09. The van der Waals surface area contributed by atoms with Crippen LogP contribution in [0, 0.1) is 11.2 Å². The van der Waals surface area contributed by atoms with E-state index in [0.717, 1.165) is 4.88 Å². The minimum atomic E-state index is -0.526. The van der Waals surface area contributed by atoms with Gasteiger partial charge in [0.25, 0.3) is 0 Å². The quantitative estimate of drug-likeness (QED) is 0.636. The van der Waals surface area contributed by atoms with Gasteiger partial charge in [-0.2, -0.15) is 0 Å². The molecule has 4 heteroatoms. The second kappa shape index (κ2) is 5.63. The zero-order chi connectivity index (χ0) is 13.8. The smallest absolute Gasteiger partial charge is 0.147 e. The summed E-state index contributed by atoms with van der Waals surface area (Å²) in [6, 6.07) is 6.84. The van der Waals surface area contributed by atoms with Gasteiger partial charge in [0.15, 0.2) is 0 Å². The summed E-state index contributed by atoms with van der Waals surface area (Å²) in [4.78, 5) is 1.03. The normalized spacial score (nSPS) is 10.8. The van der Waals surface area contributed by atoms with Crippen molar-refractivity contribution in [3.05, 3.63) is 64.1 Å². The van der Waals surface area contributed by atoms with Crippen molar-refractivity contribution in [2.24, 2.45) is 0 Å². The zero-order valence-corrected chi connectivity index (χ0v) is 11.0. The van der Waals surface area contributed by atoms with E-state index in [1.165, 1.54) is 12.1 Å². The molecule has 3 N–H and O–H groups in total. The van der Waals surface area contributed by atoms with Gasteiger partial charge >= 0.3 is 0 Å². The van der Waals surface area contributed by atoms with Crippen molar-refractivity contribution in [3.63, 3.8) is 0 Å². The maximum absolute atomic E-state index is 13.6. The van der Waals surface area contributed by atoms with Gasteiger partial charge in [0.2, 0.25) is 0 Å². The van der Waals surface area contributed by atoms with Gasteiger partial charge in [-0.05, 0) is 41.3 Å². The first-order valence-corrected chi connectivity index (χ1v) is 6.51. The molecule has 0 atom stereocenters. The molecule has 0 aliphatic carbocycles. The highest BCUT2D eigenvalue weighted by atomic mass is 32.1. The number of nitrogens with one attached hydrogen (secondary N) is 1. The molecule has 0 amide bonds. The van der Waals surface area contributed by atoms with Crippen molar-refractivity contribution in [2.45, 2.75) is 0 Å². The van der Waals surface area contributed by atoms with Crippen LogP contribution in [0.3, 0.4) is 0 Å². The molecule has 1 aromatic heterocycles. The average Bonchev–Trinajstić information content (AvgIpc) is 2.92. The van der Waals surface area contributed by atoms with Gasteiger partial charge in [-0.3, -0.25) is 0 Å². The van der Waals surface area contributed by atoms with Crippen LogP contribution >= 0.6 is 11.3 Å². The Bertz CT molecular complexity index is 642. The second-order valence-electron chi connectivity index (χ2n) is 3.93. The molecule has 0 aliphatic rings. The molecule has 2 rings (SSSR count). The Kier molecular flexibility index (Phi) is 3.92. The van der Waals surface area contributed by atoms with E-state index in [0.29, 0.717) is 11.1 Å². The van der Waals surface area contributed by atoms with Crippen LogP contribution in [0.4, 0.5) is 10.1 Å². The first kappa shape index (κ1) is 13.2. The zero-order valence-electron chi connectivity index (χ0n) is 10.2. The van der Waals surface area contributed by atoms with Crippen LogP contribution in [-0.4, -0.2) is 5.71 Å². The Morgan fingerprint density at radius 3 is 2.84 bits per heavy atom. The summed E-state index contributed by atoms with van der Waals surface area (Å²) in [7, 11) is 0. The van der Waals surface area contributed by atoms with Crippen LogP contribution in [-0.2, 0) is 0 Å². The van der Waals surface area contributed by atoms with Crippen molar-refractivity contribution >= 4 is 34.9 Å². The predicted octanol–water partition coefficient (Wildman–Crippen LogP) is 4.19. The van der Waals surface area contributed by atoms with Gasteiger partial charge in [-0.1, -0.05) is 18.7 Å². The second-order valence-corrected chi connectivity index (χ2v) is 4.91. The molecule has 0 spiro atoms. The SMILES string of the molecule is C=Cc1cc(F)c(N)c(C(=N)/C=C/c2cccs2)c1. The van der Waals surface area contributed by atoms with Crippen molar-refractivity contribution in [1.82, 2.24) is 0 Å². The van der Waals surface area contributed by atoms with E-state index in [2.05, 4.69) is 6.58 Å². The monoisotopic (exact) mass is 272 g/mol. The van der Waals surface area contributed by atoms with Gasteiger partial charge in [-0.25, -0.2) is 4.39 Å². The molecule has 0 radical (unpaired) electrons. The molecule has 2 aromatic rings. The molecule has 2 nitrogen and oxygen atoms in total. The summed E-state index contributed by atoms with van der Waals surface area (Å²) in [6.45, 7) is 3.59. The fourth-order valence-electron chi connectivity index (χ4n) is 1.62. The Hall–Kier alpha value is -2.20. The first-order chi connectivity index (χ1) is 9.11. The lowest BCUT2D eigenvalue weighted by Crippen LogP contribution is -2.04. The topological polar surface area (TPSA) is 49.9 Å². The lowest BCUT2D eigenvalue weighted by atomic mass is 10.0. The van der Waals surface area contributed by atoms with E-state index in [1.807, 2.05) is 23.6 Å². The Labute approximate surface area is 115 Å². The number of allylic oxidation sites excluding steroid dienone is 1. The molecular weight excluding hydrogens is 259 g/mol. The Morgan fingerprint density at radius 1 is 1.42 bits per heavy atom. The number of hydrogen-bond donors (Lipinski definition) is 2. The van der Waals surface area contributed by atoms with Crippen molar-refractivity contribution in [3.8, 4) is 0 Å². The first-order valence-electron chi connectivity index (χ1n) is 5.64. The van der Waals surface area contributed by atoms with E-state index < -0.39 is 5.82 Å². The van der Waals surface area contributed by atoms with Crippen molar-refractivity contribution in [1.29, 1.82) is 5.41 Å². The number of thiophene rings is 1. The number of nitrogens with two attached hydrogens (primary N) is 1. The van der Waals surface area contributed by atoms with E-state index in [9.17, 15) is 4.39 Å². The highest BCUT2D eigenvalue weighted by Crippen LogP contribution is 2.21. The summed E-state index contributed by atoms with van der Waals surface area (Å²) in [5.74, 6) is -0.526. The van der Waals surface area contributed by atoms with E-state index >= 15 is 0 Å². The molecule has 19 heavy (non-hydrogen) atoms. The number of nitrogen functional groups attached to an aromatic ring is 1. The third kappa shape index (κ3) is 2.98. The number of benzene rings is 1. The minimum Gasteiger partial charge on any atom is -0.396 e. The van der Waals surface area contributed by atoms with Gasteiger partial charge in [0, 0.05) is 10.4 Å². The molecule has 0 saturated carbocycles. The lowest BCUT2D eigenvalue weighted by molar-refractivity contribution is 0.632. The third-order valence-corrected chi connectivity index (χ3v) is 3.47. The molecule has 1 heterocycles. The number of halogens is 1. The van der Waals surface area contributed by atoms with E-state index in [-0.39, 0.29) is 11.4 Å². The van der Waals surface area contributed by atoms with Gasteiger partial charge in [-0.15, -0.1) is 11.3 Å². The van der Waals surface area contributed by atoms with Crippen LogP contribution < -0.4 is 5.73 Å². The fraction of sp³-hybridized carbons (Fsp3) is 0. The number of rotatable bonds is 4. The van der Waals surface area contributed by atoms with E-state index in [1.54, 1.807) is 23.5 Å². The molecule has 0 aliphatic heterocycles. The Balaban J connectivity index is 2.33. The number of hydrogen-bond acceptors (Lipinski definition) is 3. The van der Waals surface area contributed by atoms with Crippen molar-refractivity contribution < 1.29 is 4.39 Å². The standard InChI is InChI=1S/C15H13FN2S/c1-2-10-8-12(15(18)13(16)9-10)14(17)6-5-11-4-3-7-19-11/h2-9,17H,1,18H2/b6-5+,17-14?. The molecule has 0 bridgehead atoms. The summed E-state index contributed by atoms with van der Waals surface area (Å²) in [5.41, 5.74) is 6.83. The molecule has 1 aromatic carbocycles. The molecule has 0 unspecified atom stereocenters. The Morgan fingerprint density at radius 2 is 2.21 bits per heavy atom. The molecule has 0 fully saturated rings. The van der Waals surface area contributed by atoms with Crippen LogP contribution in [0.5, 0.6) is 0 Å². The van der Waals surface area contributed by atoms with Gasteiger partial charge < -0.3 is 11.1 Å². The summed E-state index contributed by atoms with van der Waals surface area (Å²) >= 11 is 1.57. The highest BCUT2D eigenvalue weighted by molar-refractivity contribution is 7.10. The van der Waals surface area contributed by atoms with Crippen molar-refractivity contribution in [2.75, 3.05) is 5.73 Å².